The van der Waals surface area contributed by atoms with Crippen molar-refractivity contribution in [3.8, 4) is 55.9 Å². The van der Waals surface area contributed by atoms with E-state index in [1.165, 1.54) is 108 Å². The maximum Gasteiger partial charge on any atom is 0.0619 e. The number of aromatic nitrogens is 2. The number of fused-ring (bicyclic) bond motifs is 9. The molecule has 0 amide bonds. The Balaban J connectivity index is 0.860. The highest BCUT2D eigenvalue weighted by atomic mass is 32.1. The zero-order valence-corrected chi connectivity index (χ0v) is 35.1. The monoisotopic (exact) mass is 818 g/mol. The predicted octanol–water partition coefficient (Wildman–Crippen LogP) is 16.9. The summed E-state index contributed by atoms with van der Waals surface area (Å²) in [6.45, 7) is 0. The summed E-state index contributed by atoms with van der Waals surface area (Å²) < 4.78 is 7.54. The molecule has 2 nitrogen and oxygen atoms in total. The Hall–Kier alpha value is -7.98. The van der Waals surface area contributed by atoms with Crippen LogP contribution in [0.25, 0.3) is 120 Å². The third-order valence-corrected chi connectivity index (χ3v) is 14.1. The molecule has 0 saturated heterocycles. The van der Waals surface area contributed by atoms with Gasteiger partial charge >= 0.3 is 0 Å². The van der Waals surface area contributed by atoms with Gasteiger partial charge in [-0.25, -0.2) is 0 Å². The Morgan fingerprint density at radius 2 is 0.746 bits per heavy atom. The van der Waals surface area contributed by atoms with Crippen LogP contribution in [0.5, 0.6) is 0 Å². The smallest absolute Gasteiger partial charge is 0.0619 e. The van der Waals surface area contributed by atoms with E-state index >= 15 is 0 Å². The number of nitrogens with zero attached hydrogens (tertiary/aromatic N) is 2. The van der Waals surface area contributed by atoms with Crippen molar-refractivity contribution in [2.45, 2.75) is 0 Å². The minimum atomic E-state index is 1.14. The molecule has 294 valence electrons. The van der Waals surface area contributed by atoms with E-state index in [4.69, 9.17) is 0 Å². The molecular weight excluding hydrogens is 781 g/mol. The Kier molecular flexibility index (Phi) is 8.12. The summed E-state index contributed by atoms with van der Waals surface area (Å²) in [5.41, 5.74) is 16.9. The van der Waals surface area contributed by atoms with Crippen LogP contribution in [0, 0.1) is 0 Å². The minimum absolute atomic E-state index is 1.14. The molecule has 0 atom stereocenters. The molecule has 0 spiro atoms. The average molecular weight is 819 g/mol. The summed E-state index contributed by atoms with van der Waals surface area (Å²) in [6, 6.07) is 84.6. The summed E-state index contributed by atoms with van der Waals surface area (Å²) in [5, 5.41) is 7.67. The molecule has 0 unspecified atom stereocenters. The largest absolute Gasteiger partial charge is 0.309 e. The van der Waals surface area contributed by atoms with E-state index in [9.17, 15) is 0 Å². The quantitative estimate of drug-likeness (QED) is 0.158. The average Bonchev–Trinajstić information content (AvgIpc) is 4.02. The normalized spacial score (nSPS) is 11.8. The van der Waals surface area contributed by atoms with E-state index < -0.39 is 0 Å². The van der Waals surface area contributed by atoms with Gasteiger partial charge < -0.3 is 9.13 Å². The van der Waals surface area contributed by atoms with Crippen molar-refractivity contribution in [2.24, 2.45) is 0 Å². The highest BCUT2D eigenvalue weighted by Gasteiger charge is 2.21. The molecule has 10 aromatic carbocycles. The maximum atomic E-state index is 2.46. The molecule has 0 saturated carbocycles. The number of rotatable bonds is 6. The number of thiophene rings is 1. The molecule has 0 bridgehead atoms. The van der Waals surface area contributed by atoms with Gasteiger partial charge in [0.1, 0.15) is 0 Å². The van der Waals surface area contributed by atoms with Crippen LogP contribution < -0.4 is 0 Å². The standard InChI is InChI=1S/C60H38N2S/c1-2-12-45(13-3-1)61-55-21-8-5-16-52(55)59-49(17-11-22-56(59)61)51-19-10-18-50-47-14-4-7-20-54(47)62(60(50)51)46-35-32-42(33-36-46)41-26-24-39(25-27-41)40-28-30-43(31-29-40)44-34-37-58-53(38-44)48-15-6-9-23-57(48)63-58/h1-38H. The lowest BCUT2D eigenvalue weighted by molar-refractivity contribution is 1.18. The third kappa shape index (κ3) is 5.71. The van der Waals surface area contributed by atoms with Gasteiger partial charge in [-0.1, -0.05) is 170 Å². The minimum Gasteiger partial charge on any atom is -0.309 e. The first kappa shape index (κ1) is 35.7. The fourth-order valence-corrected chi connectivity index (χ4v) is 11.1. The molecule has 3 aromatic heterocycles. The Bertz CT molecular complexity index is 3870. The summed E-state index contributed by atoms with van der Waals surface area (Å²) in [7, 11) is 0. The van der Waals surface area contributed by atoms with E-state index in [2.05, 4.69) is 240 Å². The third-order valence-electron chi connectivity index (χ3n) is 13.0. The fourth-order valence-electron chi connectivity index (χ4n) is 10.0. The van der Waals surface area contributed by atoms with Gasteiger partial charge in [-0.3, -0.25) is 0 Å². The number of para-hydroxylation sites is 4. The van der Waals surface area contributed by atoms with Gasteiger partial charge in [0, 0.05) is 58.7 Å². The molecule has 0 aliphatic rings. The summed E-state index contributed by atoms with van der Waals surface area (Å²) in [5.74, 6) is 0. The van der Waals surface area contributed by atoms with Gasteiger partial charge in [0.2, 0.25) is 0 Å². The molecule has 13 rings (SSSR count). The Morgan fingerprint density at radius 1 is 0.270 bits per heavy atom. The van der Waals surface area contributed by atoms with Crippen molar-refractivity contribution in [3.05, 3.63) is 231 Å². The van der Waals surface area contributed by atoms with E-state index in [1.54, 1.807) is 0 Å². The number of hydrogen-bond donors (Lipinski definition) is 0. The summed E-state index contributed by atoms with van der Waals surface area (Å²) in [4.78, 5) is 0. The fraction of sp³-hybridized carbons (Fsp3) is 0. The van der Waals surface area contributed by atoms with Crippen LogP contribution >= 0.6 is 11.3 Å². The van der Waals surface area contributed by atoms with Crippen LogP contribution in [0.4, 0.5) is 0 Å². The molecule has 3 heterocycles. The molecule has 0 aliphatic carbocycles. The van der Waals surface area contributed by atoms with Crippen LogP contribution in [0.2, 0.25) is 0 Å². The molecule has 63 heavy (non-hydrogen) atoms. The van der Waals surface area contributed by atoms with E-state index in [0.29, 0.717) is 0 Å². The van der Waals surface area contributed by atoms with Crippen LogP contribution in [0.1, 0.15) is 0 Å². The predicted molar refractivity (Wildman–Crippen MR) is 270 cm³/mol. The van der Waals surface area contributed by atoms with Crippen LogP contribution in [0.3, 0.4) is 0 Å². The van der Waals surface area contributed by atoms with E-state index in [1.807, 2.05) is 11.3 Å². The van der Waals surface area contributed by atoms with E-state index in [-0.39, 0.29) is 0 Å². The SMILES string of the molecule is c1ccc(-n2c3ccccc3c3c(-c4cccc5c6ccccc6n(-c6ccc(-c7ccc(-c8ccc(-c9ccc%10sc%11ccccc%11c%10c9)cc8)cc7)cc6)c45)cccc32)cc1. The molecule has 0 fully saturated rings. The van der Waals surface area contributed by atoms with Crippen molar-refractivity contribution >= 4 is 75.1 Å². The second-order valence-electron chi connectivity index (χ2n) is 16.5. The van der Waals surface area contributed by atoms with Gasteiger partial charge in [0.05, 0.1) is 22.1 Å². The van der Waals surface area contributed by atoms with Gasteiger partial charge in [-0.2, -0.15) is 0 Å². The zero-order valence-electron chi connectivity index (χ0n) is 34.2. The lowest BCUT2D eigenvalue weighted by Gasteiger charge is -2.14. The second-order valence-corrected chi connectivity index (χ2v) is 17.5. The van der Waals surface area contributed by atoms with Crippen LogP contribution in [-0.2, 0) is 0 Å². The van der Waals surface area contributed by atoms with Crippen LogP contribution in [0.15, 0.2) is 231 Å². The molecular formula is C60H38N2S. The lowest BCUT2D eigenvalue weighted by Crippen LogP contribution is -1.96. The Labute approximate surface area is 368 Å². The van der Waals surface area contributed by atoms with Crippen molar-refractivity contribution in [1.82, 2.24) is 9.13 Å². The highest BCUT2D eigenvalue weighted by molar-refractivity contribution is 7.25. The van der Waals surface area contributed by atoms with Gasteiger partial charge in [0.25, 0.3) is 0 Å². The molecule has 3 heteroatoms. The topological polar surface area (TPSA) is 9.86 Å². The van der Waals surface area contributed by atoms with Gasteiger partial charge in [-0.15, -0.1) is 11.3 Å². The van der Waals surface area contributed by atoms with Crippen LogP contribution in [-0.4, -0.2) is 9.13 Å². The molecule has 0 radical (unpaired) electrons. The number of benzene rings is 10. The number of hydrogen-bond acceptors (Lipinski definition) is 1. The molecule has 0 N–H and O–H groups in total. The second kappa shape index (κ2) is 14.3. The first-order valence-electron chi connectivity index (χ1n) is 21.6. The first-order valence-corrected chi connectivity index (χ1v) is 22.4. The highest BCUT2D eigenvalue weighted by Crippen LogP contribution is 2.44. The molecule has 13 aromatic rings. The van der Waals surface area contributed by atoms with Crippen molar-refractivity contribution in [3.63, 3.8) is 0 Å². The Morgan fingerprint density at radius 3 is 1.46 bits per heavy atom. The van der Waals surface area contributed by atoms with Gasteiger partial charge in [0.15, 0.2) is 0 Å². The van der Waals surface area contributed by atoms with Crippen molar-refractivity contribution < 1.29 is 0 Å². The lowest BCUT2D eigenvalue weighted by atomic mass is 9.97. The van der Waals surface area contributed by atoms with Gasteiger partial charge in [-0.05, 0) is 99.6 Å². The zero-order chi connectivity index (χ0) is 41.4. The maximum absolute atomic E-state index is 2.46. The van der Waals surface area contributed by atoms with Crippen molar-refractivity contribution in [2.75, 3.05) is 0 Å². The molecule has 0 aliphatic heterocycles. The van der Waals surface area contributed by atoms with E-state index in [0.717, 1.165) is 11.4 Å². The summed E-state index contributed by atoms with van der Waals surface area (Å²) in [6.07, 6.45) is 0. The van der Waals surface area contributed by atoms with Crippen molar-refractivity contribution in [1.29, 1.82) is 0 Å². The first-order chi connectivity index (χ1) is 31.2. The summed E-state index contributed by atoms with van der Waals surface area (Å²) >= 11 is 1.86.